The highest BCUT2D eigenvalue weighted by molar-refractivity contribution is 5.63. The van der Waals surface area contributed by atoms with Gasteiger partial charge in [0, 0.05) is 18.3 Å². The molecule has 1 heterocycles. The van der Waals surface area contributed by atoms with Crippen LogP contribution in [0.1, 0.15) is 11.3 Å². The first kappa shape index (κ1) is 13.5. The Labute approximate surface area is 106 Å². The molecule has 0 spiro atoms. The molecule has 2 nitrogen and oxygen atoms in total. The topological polar surface area (TPSA) is 38.9 Å². The maximum atomic E-state index is 13.3. The maximum Gasteiger partial charge on any atom is 0.433 e. The number of pyridine rings is 1. The van der Waals surface area contributed by atoms with E-state index in [9.17, 15) is 17.6 Å². The quantitative estimate of drug-likeness (QED) is 0.850. The average molecular weight is 270 g/mol. The molecule has 0 amide bonds. The van der Waals surface area contributed by atoms with Gasteiger partial charge >= 0.3 is 6.18 Å². The number of rotatable bonds is 2. The number of benzene rings is 1. The number of alkyl halides is 3. The van der Waals surface area contributed by atoms with Crippen LogP contribution < -0.4 is 5.73 Å². The molecule has 0 fully saturated rings. The Morgan fingerprint density at radius 3 is 2.32 bits per heavy atom. The first-order valence-electron chi connectivity index (χ1n) is 5.43. The first-order chi connectivity index (χ1) is 8.90. The minimum Gasteiger partial charge on any atom is -0.326 e. The van der Waals surface area contributed by atoms with Gasteiger partial charge in [-0.05, 0) is 35.4 Å². The van der Waals surface area contributed by atoms with Crippen LogP contribution >= 0.6 is 0 Å². The van der Waals surface area contributed by atoms with E-state index >= 15 is 0 Å². The van der Waals surface area contributed by atoms with Crippen LogP contribution in [0.4, 0.5) is 17.6 Å². The fraction of sp³-hybridized carbons (Fsp3) is 0.154. The molecule has 0 radical (unpaired) electrons. The molecule has 0 aliphatic carbocycles. The second-order valence-corrected chi connectivity index (χ2v) is 3.98. The Balaban J connectivity index is 2.40. The first-order valence-corrected chi connectivity index (χ1v) is 5.43. The lowest BCUT2D eigenvalue weighted by Crippen LogP contribution is -2.07. The summed E-state index contributed by atoms with van der Waals surface area (Å²) in [5, 5.41) is 0. The molecule has 2 aromatic rings. The third-order valence-corrected chi connectivity index (χ3v) is 2.58. The second-order valence-electron chi connectivity index (χ2n) is 3.98. The second kappa shape index (κ2) is 4.97. The van der Waals surface area contributed by atoms with Crippen molar-refractivity contribution in [2.45, 2.75) is 12.7 Å². The predicted molar refractivity (Wildman–Crippen MR) is 62.5 cm³/mol. The molecule has 0 unspecified atom stereocenters. The van der Waals surface area contributed by atoms with Crippen LogP contribution in [-0.2, 0) is 12.7 Å². The van der Waals surface area contributed by atoms with Gasteiger partial charge in [0.1, 0.15) is 11.5 Å². The van der Waals surface area contributed by atoms with Crippen molar-refractivity contribution in [2.24, 2.45) is 5.73 Å². The molecule has 2 N–H and O–H groups in total. The molecule has 0 atom stereocenters. The Bertz CT molecular complexity index is 576. The summed E-state index contributed by atoms with van der Waals surface area (Å²) in [6.45, 7) is 0.152. The molecule has 0 aliphatic heterocycles. The van der Waals surface area contributed by atoms with Crippen molar-refractivity contribution in [1.29, 1.82) is 0 Å². The van der Waals surface area contributed by atoms with Crippen molar-refractivity contribution in [1.82, 2.24) is 4.98 Å². The van der Waals surface area contributed by atoms with Gasteiger partial charge in [0.05, 0.1) is 0 Å². The van der Waals surface area contributed by atoms with Gasteiger partial charge in [0.15, 0.2) is 0 Å². The van der Waals surface area contributed by atoms with E-state index in [1.54, 1.807) is 6.07 Å². The minimum absolute atomic E-state index is 0.152. The highest BCUT2D eigenvalue weighted by Crippen LogP contribution is 2.29. The third-order valence-electron chi connectivity index (χ3n) is 2.58. The summed E-state index contributed by atoms with van der Waals surface area (Å²) in [6.07, 6.45) is -3.42. The van der Waals surface area contributed by atoms with E-state index in [2.05, 4.69) is 4.98 Å². The van der Waals surface area contributed by atoms with Crippen LogP contribution in [0.15, 0.2) is 36.5 Å². The zero-order valence-electron chi connectivity index (χ0n) is 9.71. The summed E-state index contributed by atoms with van der Waals surface area (Å²) >= 11 is 0. The lowest BCUT2D eigenvalue weighted by atomic mass is 10.0. The number of hydrogen-bond acceptors (Lipinski definition) is 2. The van der Waals surface area contributed by atoms with Crippen molar-refractivity contribution in [2.75, 3.05) is 0 Å². The molecule has 1 aromatic heterocycles. The summed E-state index contributed by atoms with van der Waals surface area (Å²) < 4.78 is 50.4. The summed E-state index contributed by atoms with van der Waals surface area (Å²) in [6, 6.07) is 6.24. The number of aromatic nitrogens is 1. The van der Waals surface area contributed by atoms with Gasteiger partial charge in [-0.1, -0.05) is 6.07 Å². The monoisotopic (exact) mass is 270 g/mol. The standard InChI is InChI=1S/C13H10F4N2/c14-11-4-8(6-18)3-10(5-11)9-1-2-12(19-7-9)13(15,16)17/h1-5,7H,6,18H2. The molecule has 6 heteroatoms. The van der Waals surface area contributed by atoms with Crippen molar-refractivity contribution < 1.29 is 17.6 Å². The van der Waals surface area contributed by atoms with E-state index in [4.69, 9.17) is 5.73 Å². The molecule has 100 valence electrons. The molecule has 1 aromatic carbocycles. The van der Waals surface area contributed by atoms with Crippen LogP contribution in [0, 0.1) is 5.82 Å². The normalized spacial score (nSPS) is 11.6. The minimum atomic E-state index is -4.48. The Morgan fingerprint density at radius 1 is 1.05 bits per heavy atom. The van der Waals surface area contributed by atoms with Crippen molar-refractivity contribution in [3.05, 3.63) is 53.6 Å². The van der Waals surface area contributed by atoms with E-state index in [1.807, 2.05) is 0 Å². The van der Waals surface area contributed by atoms with Gasteiger partial charge in [0.2, 0.25) is 0 Å². The predicted octanol–water partition coefficient (Wildman–Crippen LogP) is 3.37. The van der Waals surface area contributed by atoms with Crippen molar-refractivity contribution in [3.63, 3.8) is 0 Å². The van der Waals surface area contributed by atoms with Gasteiger partial charge in [-0.15, -0.1) is 0 Å². The Hall–Kier alpha value is -1.95. The van der Waals surface area contributed by atoms with Gasteiger partial charge in [-0.2, -0.15) is 13.2 Å². The van der Waals surface area contributed by atoms with Crippen LogP contribution in [0.25, 0.3) is 11.1 Å². The molecule has 2 rings (SSSR count). The van der Waals surface area contributed by atoms with E-state index in [0.29, 0.717) is 16.7 Å². The van der Waals surface area contributed by atoms with Crippen LogP contribution in [0.3, 0.4) is 0 Å². The SMILES string of the molecule is NCc1cc(F)cc(-c2ccc(C(F)(F)F)nc2)c1. The molecular formula is C13H10F4N2. The fourth-order valence-electron chi connectivity index (χ4n) is 1.67. The summed E-state index contributed by atoms with van der Waals surface area (Å²) in [5.74, 6) is -0.488. The third kappa shape index (κ3) is 3.08. The largest absolute Gasteiger partial charge is 0.433 e. The highest BCUT2D eigenvalue weighted by Gasteiger charge is 2.32. The van der Waals surface area contributed by atoms with Crippen LogP contribution in [0.2, 0.25) is 0 Å². The number of halogens is 4. The van der Waals surface area contributed by atoms with Crippen molar-refractivity contribution >= 4 is 0 Å². The number of hydrogen-bond donors (Lipinski definition) is 1. The molecule has 0 aliphatic rings. The smallest absolute Gasteiger partial charge is 0.326 e. The van der Waals surface area contributed by atoms with Gasteiger partial charge in [-0.3, -0.25) is 4.98 Å². The average Bonchev–Trinajstić information content (AvgIpc) is 2.37. The van der Waals surface area contributed by atoms with Gasteiger partial charge < -0.3 is 5.73 Å². The lowest BCUT2D eigenvalue weighted by molar-refractivity contribution is -0.141. The van der Waals surface area contributed by atoms with E-state index in [1.165, 1.54) is 18.2 Å². The van der Waals surface area contributed by atoms with E-state index in [0.717, 1.165) is 12.3 Å². The summed E-state index contributed by atoms with van der Waals surface area (Å²) in [5.41, 5.74) is 5.85. The fourth-order valence-corrected chi connectivity index (χ4v) is 1.67. The molecule has 0 saturated carbocycles. The number of nitrogens with two attached hydrogens (primary N) is 1. The van der Waals surface area contributed by atoms with E-state index in [-0.39, 0.29) is 6.54 Å². The summed E-state index contributed by atoms with van der Waals surface area (Å²) in [7, 11) is 0. The van der Waals surface area contributed by atoms with Crippen LogP contribution in [-0.4, -0.2) is 4.98 Å². The number of nitrogens with zero attached hydrogens (tertiary/aromatic N) is 1. The van der Waals surface area contributed by atoms with E-state index < -0.39 is 17.7 Å². The lowest BCUT2D eigenvalue weighted by Gasteiger charge is -2.08. The maximum absolute atomic E-state index is 13.3. The zero-order chi connectivity index (χ0) is 14.0. The molecule has 0 saturated heterocycles. The van der Waals surface area contributed by atoms with Gasteiger partial charge in [-0.25, -0.2) is 4.39 Å². The zero-order valence-corrected chi connectivity index (χ0v) is 9.71. The molecule has 19 heavy (non-hydrogen) atoms. The van der Waals surface area contributed by atoms with Crippen LogP contribution in [0.5, 0.6) is 0 Å². The summed E-state index contributed by atoms with van der Waals surface area (Å²) in [4.78, 5) is 3.33. The molecular weight excluding hydrogens is 260 g/mol. The highest BCUT2D eigenvalue weighted by atomic mass is 19.4. The molecule has 0 bridgehead atoms. The Morgan fingerprint density at radius 2 is 1.79 bits per heavy atom. The Kier molecular flexibility index (Phi) is 3.53. The van der Waals surface area contributed by atoms with Gasteiger partial charge in [0.25, 0.3) is 0 Å². The van der Waals surface area contributed by atoms with Crippen molar-refractivity contribution in [3.8, 4) is 11.1 Å².